The van der Waals surface area contributed by atoms with Crippen molar-refractivity contribution in [1.82, 2.24) is 4.90 Å². The number of fused-ring (bicyclic) bond motifs is 1. The van der Waals surface area contributed by atoms with Gasteiger partial charge in [-0.2, -0.15) is 0 Å². The van der Waals surface area contributed by atoms with E-state index in [4.69, 9.17) is 4.74 Å². The van der Waals surface area contributed by atoms with Gasteiger partial charge in [-0.3, -0.25) is 14.4 Å². The van der Waals surface area contributed by atoms with Gasteiger partial charge in [0.2, 0.25) is 5.91 Å². The topological polar surface area (TPSA) is 90.4 Å². The molecule has 2 bridgehead atoms. The van der Waals surface area contributed by atoms with Crippen LogP contribution in [0.3, 0.4) is 0 Å². The Morgan fingerprint density at radius 1 is 1.12 bits per heavy atom. The van der Waals surface area contributed by atoms with Crippen molar-refractivity contribution < 1.29 is 24.2 Å². The lowest BCUT2D eigenvalue weighted by atomic mass is 9.71. The first-order chi connectivity index (χ1) is 19.9. The summed E-state index contributed by atoms with van der Waals surface area (Å²) in [6.07, 6.45) is 7.89. The van der Waals surface area contributed by atoms with Gasteiger partial charge in [-0.1, -0.05) is 12.2 Å². The van der Waals surface area contributed by atoms with E-state index in [1.807, 2.05) is 30.3 Å². The van der Waals surface area contributed by atoms with Gasteiger partial charge in [0.05, 0.1) is 23.2 Å². The molecule has 1 aromatic carbocycles. The number of anilines is 2. The van der Waals surface area contributed by atoms with E-state index in [0.29, 0.717) is 26.0 Å². The van der Waals surface area contributed by atoms with E-state index in [1.54, 1.807) is 27.6 Å². The molecule has 4 rings (SSSR count). The van der Waals surface area contributed by atoms with E-state index in [1.165, 1.54) is 0 Å². The lowest BCUT2D eigenvalue weighted by Crippen LogP contribution is -2.55. The Labute approximate surface area is 248 Å². The standard InChI is InChI=1S/C32H45N3O5S/c1-5-9-10-11-22-40-31(39)26-25-17-18-32(41-25)27(26)29(37)35(20-12-21-36)28(32)30(38)34(19-6-2)24-15-13-23(14-16-24)33(7-3)8-4/h5-6,13-16,25-28,36H,1-2,7-12,17-22H2,3-4H3/t25-,26+,27+,28?,32?/m1/s1. The molecule has 2 amide bonds. The Bertz CT molecular complexity index is 1110. The molecule has 9 heteroatoms. The lowest BCUT2D eigenvalue weighted by molar-refractivity contribution is -0.154. The highest BCUT2D eigenvalue weighted by atomic mass is 32.2. The smallest absolute Gasteiger partial charge is 0.310 e. The molecule has 5 atom stereocenters. The fourth-order valence-corrected chi connectivity index (χ4v) is 9.07. The van der Waals surface area contributed by atoms with Crippen LogP contribution in [0.4, 0.5) is 11.4 Å². The quantitative estimate of drug-likeness (QED) is 0.175. The molecule has 41 heavy (non-hydrogen) atoms. The van der Waals surface area contributed by atoms with E-state index in [2.05, 4.69) is 31.9 Å². The van der Waals surface area contributed by atoms with Gasteiger partial charge in [-0.05, 0) is 76.6 Å². The second-order valence-electron chi connectivity index (χ2n) is 11.0. The molecule has 3 fully saturated rings. The normalized spacial score (nSPS) is 26.1. The summed E-state index contributed by atoms with van der Waals surface area (Å²) in [4.78, 5) is 47.5. The largest absolute Gasteiger partial charge is 0.465 e. The molecule has 1 aromatic rings. The van der Waals surface area contributed by atoms with Crippen LogP contribution < -0.4 is 9.80 Å². The minimum Gasteiger partial charge on any atom is -0.465 e. The summed E-state index contributed by atoms with van der Waals surface area (Å²) in [6.45, 7) is 14.4. The van der Waals surface area contributed by atoms with Crippen molar-refractivity contribution in [2.45, 2.75) is 68.4 Å². The molecule has 0 saturated carbocycles. The van der Waals surface area contributed by atoms with Gasteiger partial charge in [-0.25, -0.2) is 0 Å². The number of thioether (sulfide) groups is 1. The van der Waals surface area contributed by atoms with Crippen LogP contribution in [0, 0.1) is 11.8 Å². The number of carbonyl (C=O) groups is 3. The van der Waals surface area contributed by atoms with E-state index in [9.17, 15) is 19.5 Å². The Morgan fingerprint density at radius 2 is 1.83 bits per heavy atom. The van der Waals surface area contributed by atoms with Gasteiger partial charge >= 0.3 is 5.97 Å². The number of unbranched alkanes of at least 4 members (excludes halogenated alkanes) is 2. The minimum absolute atomic E-state index is 0.0406. The van der Waals surface area contributed by atoms with Gasteiger partial charge in [0.25, 0.3) is 5.91 Å². The summed E-state index contributed by atoms with van der Waals surface area (Å²) in [6, 6.07) is 7.21. The zero-order valence-corrected chi connectivity index (χ0v) is 25.3. The van der Waals surface area contributed by atoms with Crippen LogP contribution >= 0.6 is 11.8 Å². The van der Waals surface area contributed by atoms with Gasteiger partial charge in [0, 0.05) is 49.4 Å². The summed E-state index contributed by atoms with van der Waals surface area (Å²) in [5, 5.41) is 9.58. The van der Waals surface area contributed by atoms with Crippen LogP contribution in [0.25, 0.3) is 0 Å². The first kappa shape index (κ1) is 31.2. The molecule has 3 aliphatic rings. The first-order valence-corrected chi connectivity index (χ1v) is 15.9. The number of aliphatic hydroxyl groups is 1. The second-order valence-corrected chi connectivity index (χ2v) is 12.6. The number of hydrogen-bond acceptors (Lipinski definition) is 7. The number of esters is 1. The number of likely N-dealkylation sites (tertiary alicyclic amines) is 1. The fraction of sp³-hybridized carbons (Fsp3) is 0.594. The molecule has 3 saturated heterocycles. The van der Waals surface area contributed by atoms with E-state index in [-0.39, 0.29) is 36.2 Å². The average molecular weight is 584 g/mol. The molecule has 0 radical (unpaired) electrons. The van der Waals surface area contributed by atoms with Crippen LogP contribution in [-0.4, -0.2) is 83.2 Å². The molecule has 0 aromatic heterocycles. The minimum atomic E-state index is -0.727. The molecular weight excluding hydrogens is 538 g/mol. The fourth-order valence-electron chi connectivity index (χ4n) is 6.87. The number of nitrogens with zero attached hydrogens (tertiary/aromatic N) is 3. The van der Waals surface area contributed by atoms with Crippen LogP contribution in [0.1, 0.15) is 52.4 Å². The number of carbonyl (C=O) groups excluding carboxylic acids is 3. The zero-order valence-electron chi connectivity index (χ0n) is 24.5. The van der Waals surface area contributed by atoms with Crippen molar-refractivity contribution >= 4 is 40.9 Å². The second kappa shape index (κ2) is 13.9. The molecule has 3 aliphatic heterocycles. The lowest BCUT2D eigenvalue weighted by Gasteiger charge is -2.37. The predicted octanol–water partition coefficient (Wildman–Crippen LogP) is 4.42. The van der Waals surface area contributed by atoms with Crippen LogP contribution in [0.15, 0.2) is 49.6 Å². The SMILES string of the molecule is C=CCCCCOC(=O)[C@@H]1[C@H]2C(=O)N(CCCO)C(C(=O)N(CC=C)c3ccc(N(CC)CC)cc3)C23CC[C@H]1S3. The predicted molar refractivity (Wildman–Crippen MR) is 165 cm³/mol. The van der Waals surface area contributed by atoms with Crippen molar-refractivity contribution in [1.29, 1.82) is 0 Å². The van der Waals surface area contributed by atoms with Crippen LogP contribution in [0.5, 0.6) is 0 Å². The molecule has 0 aliphatic carbocycles. The zero-order chi connectivity index (χ0) is 29.6. The number of ether oxygens (including phenoxy) is 1. The van der Waals surface area contributed by atoms with E-state index >= 15 is 0 Å². The summed E-state index contributed by atoms with van der Waals surface area (Å²) in [5.74, 6) is -1.82. The average Bonchev–Trinajstić information content (AvgIpc) is 3.62. The molecule has 224 valence electrons. The highest BCUT2D eigenvalue weighted by Crippen LogP contribution is 2.66. The third-order valence-corrected chi connectivity index (χ3v) is 10.7. The first-order valence-electron chi connectivity index (χ1n) is 15.0. The third-order valence-electron chi connectivity index (χ3n) is 8.78. The molecule has 8 nitrogen and oxygen atoms in total. The number of aliphatic hydroxyl groups excluding tert-OH is 1. The maximum atomic E-state index is 14.5. The van der Waals surface area contributed by atoms with E-state index < -0.39 is 22.6 Å². The number of benzene rings is 1. The van der Waals surface area contributed by atoms with E-state index in [0.717, 1.165) is 50.1 Å². The maximum Gasteiger partial charge on any atom is 0.310 e. The van der Waals surface area contributed by atoms with Crippen molar-refractivity contribution in [2.75, 3.05) is 49.2 Å². The van der Waals surface area contributed by atoms with Crippen molar-refractivity contribution in [3.63, 3.8) is 0 Å². The molecule has 1 N–H and O–H groups in total. The van der Waals surface area contributed by atoms with Gasteiger partial charge < -0.3 is 24.5 Å². The van der Waals surface area contributed by atoms with Gasteiger partial charge in [-0.15, -0.1) is 24.9 Å². The van der Waals surface area contributed by atoms with Crippen molar-refractivity contribution in [3.05, 3.63) is 49.6 Å². The summed E-state index contributed by atoms with van der Waals surface area (Å²) < 4.78 is 4.99. The van der Waals surface area contributed by atoms with Crippen LogP contribution in [0.2, 0.25) is 0 Å². The number of hydrogen-bond donors (Lipinski definition) is 1. The van der Waals surface area contributed by atoms with Crippen molar-refractivity contribution in [3.8, 4) is 0 Å². The highest BCUT2D eigenvalue weighted by Gasteiger charge is 2.74. The summed E-state index contributed by atoms with van der Waals surface area (Å²) in [7, 11) is 0. The molecule has 1 spiro atoms. The number of amides is 2. The Hall–Kier alpha value is -2.78. The van der Waals surface area contributed by atoms with Gasteiger partial charge in [0.1, 0.15) is 6.04 Å². The summed E-state index contributed by atoms with van der Waals surface area (Å²) >= 11 is 1.63. The molecular formula is C32H45N3O5S. The van der Waals surface area contributed by atoms with Crippen LogP contribution in [-0.2, 0) is 19.1 Å². The Morgan fingerprint density at radius 3 is 2.46 bits per heavy atom. The molecule has 3 heterocycles. The number of allylic oxidation sites excluding steroid dienone is 1. The number of rotatable bonds is 16. The molecule has 2 unspecified atom stereocenters. The Balaban J connectivity index is 1.63. The van der Waals surface area contributed by atoms with Gasteiger partial charge in [0.15, 0.2) is 0 Å². The third kappa shape index (κ3) is 5.93. The maximum absolute atomic E-state index is 14.5. The summed E-state index contributed by atoms with van der Waals surface area (Å²) in [5.41, 5.74) is 1.83. The highest BCUT2D eigenvalue weighted by molar-refractivity contribution is 8.02. The Kier molecular flexibility index (Phi) is 10.6. The van der Waals surface area contributed by atoms with Crippen molar-refractivity contribution in [2.24, 2.45) is 11.8 Å². The monoisotopic (exact) mass is 583 g/mol.